The van der Waals surface area contributed by atoms with Crippen molar-refractivity contribution < 1.29 is 14.3 Å². The average Bonchev–Trinajstić information content (AvgIpc) is 2.36. The van der Waals surface area contributed by atoms with Gasteiger partial charge >= 0.3 is 5.97 Å². The van der Waals surface area contributed by atoms with Gasteiger partial charge in [0, 0.05) is 6.20 Å². The van der Waals surface area contributed by atoms with Crippen LogP contribution in [0.15, 0.2) is 16.7 Å². The summed E-state index contributed by atoms with van der Waals surface area (Å²) in [5.41, 5.74) is 5.61. The maximum absolute atomic E-state index is 11.6. The Hall–Kier alpha value is -2.14. The SMILES string of the molecule is N#CCNC(=O)COC(=O)c1cc(N)ncc1Br. The van der Waals surface area contributed by atoms with Gasteiger partial charge < -0.3 is 15.8 Å². The number of hydrogen-bond donors (Lipinski definition) is 2. The lowest BCUT2D eigenvalue weighted by Crippen LogP contribution is -2.29. The molecule has 1 amide bonds. The fourth-order valence-electron chi connectivity index (χ4n) is 1.01. The van der Waals surface area contributed by atoms with Crippen LogP contribution in [0.1, 0.15) is 10.4 Å². The minimum atomic E-state index is -0.705. The standard InChI is InChI=1S/C10H9BrN4O3/c11-7-4-15-8(13)3-6(7)10(17)18-5-9(16)14-2-1-12/h3-4H,2,5H2,(H2,13,15)(H,14,16). The fourth-order valence-corrected chi connectivity index (χ4v) is 1.39. The van der Waals surface area contributed by atoms with Gasteiger partial charge in [-0.1, -0.05) is 0 Å². The molecule has 0 saturated carbocycles. The molecule has 0 atom stereocenters. The molecule has 0 radical (unpaired) electrons. The molecule has 1 aromatic rings. The lowest BCUT2D eigenvalue weighted by Gasteiger charge is -2.06. The van der Waals surface area contributed by atoms with Gasteiger partial charge in [0.25, 0.3) is 5.91 Å². The molecule has 1 heterocycles. The van der Waals surface area contributed by atoms with Crippen molar-refractivity contribution in [2.24, 2.45) is 0 Å². The van der Waals surface area contributed by atoms with Gasteiger partial charge in [0.1, 0.15) is 12.4 Å². The van der Waals surface area contributed by atoms with Crippen LogP contribution in [0.3, 0.4) is 0 Å². The van der Waals surface area contributed by atoms with Crippen molar-refractivity contribution in [3.05, 3.63) is 22.3 Å². The summed E-state index contributed by atoms with van der Waals surface area (Å²) < 4.78 is 5.16. The van der Waals surface area contributed by atoms with Crippen LogP contribution in [-0.4, -0.2) is 30.0 Å². The highest BCUT2D eigenvalue weighted by atomic mass is 79.9. The van der Waals surface area contributed by atoms with Crippen molar-refractivity contribution in [2.45, 2.75) is 0 Å². The Kier molecular flexibility index (Phi) is 5.07. The van der Waals surface area contributed by atoms with Crippen LogP contribution in [0, 0.1) is 11.3 Å². The third kappa shape index (κ3) is 4.03. The van der Waals surface area contributed by atoms with Gasteiger partial charge in [-0.2, -0.15) is 5.26 Å². The summed E-state index contributed by atoms with van der Waals surface area (Å²) in [5.74, 6) is -1.09. The minimum Gasteiger partial charge on any atom is -0.452 e. The number of ether oxygens (including phenoxy) is 1. The number of anilines is 1. The number of hydrogen-bond acceptors (Lipinski definition) is 6. The highest BCUT2D eigenvalue weighted by Crippen LogP contribution is 2.18. The first kappa shape index (κ1) is 13.9. The lowest BCUT2D eigenvalue weighted by atomic mass is 10.2. The van der Waals surface area contributed by atoms with Crippen molar-refractivity contribution in [2.75, 3.05) is 18.9 Å². The molecule has 0 aromatic carbocycles. The largest absolute Gasteiger partial charge is 0.452 e. The normalized spacial score (nSPS) is 9.33. The molecule has 0 aliphatic heterocycles. The monoisotopic (exact) mass is 312 g/mol. The van der Waals surface area contributed by atoms with Gasteiger partial charge in [-0.3, -0.25) is 4.79 Å². The zero-order valence-electron chi connectivity index (χ0n) is 9.14. The number of amides is 1. The Bertz CT molecular complexity index is 512. The Morgan fingerprint density at radius 1 is 1.61 bits per heavy atom. The molecule has 0 bridgehead atoms. The number of carbonyl (C=O) groups is 2. The lowest BCUT2D eigenvalue weighted by molar-refractivity contribution is -0.123. The summed E-state index contributed by atoms with van der Waals surface area (Å²) in [4.78, 5) is 26.5. The highest BCUT2D eigenvalue weighted by Gasteiger charge is 2.14. The summed E-state index contributed by atoms with van der Waals surface area (Å²) >= 11 is 3.12. The van der Waals surface area contributed by atoms with Gasteiger partial charge in [-0.05, 0) is 22.0 Å². The molecule has 94 valence electrons. The first-order chi connectivity index (χ1) is 8.54. The van der Waals surface area contributed by atoms with E-state index in [9.17, 15) is 9.59 Å². The zero-order chi connectivity index (χ0) is 13.5. The molecule has 1 rings (SSSR count). The molecular formula is C10H9BrN4O3. The Morgan fingerprint density at radius 2 is 2.33 bits per heavy atom. The summed E-state index contributed by atoms with van der Waals surface area (Å²) in [5, 5.41) is 10.5. The molecule has 0 saturated heterocycles. The maximum atomic E-state index is 11.6. The Balaban J connectivity index is 2.58. The van der Waals surface area contributed by atoms with Gasteiger partial charge in [0.2, 0.25) is 0 Å². The number of nitrogens with two attached hydrogens (primary N) is 1. The maximum Gasteiger partial charge on any atom is 0.339 e. The highest BCUT2D eigenvalue weighted by molar-refractivity contribution is 9.10. The molecule has 0 fully saturated rings. The van der Waals surface area contributed by atoms with Crippen molar-refractivity contribution in [1.29, 1.82) is 5.26 Å². The summed E-state index contributed by atoms with van der Waals surface area (Å²) in [6, 6.07) is 3.06. The topological polar surface area (TPSA) is 118 Å². The van der Waals surface area contributed by atoms with E-state index in [4.69, 9.17) is 15.7 Å². The van der Waals surface area contributed by atoms with E-state index in [2.05, 4.69) is 26.2 Å². The molecule has 8 heteroatoms. The van der Waals surface area contributed by atoms with E-state index >= 15 is 0 Å². The number of nitrogen functional groups attached to an aromatic ring is 1. The quantitative estimate of drug-likeness (QED) is 0.606. The summed E-state index contributed by atoms with van der Waals surface area (Å²) in [6.07, 6.45) is 1.36. The zero-order valence-corrected chi connectivity index (χ0v) is 10.7. The van der Waals surface area contributed by atoms with E-state index in [1.807, 2.05) is 0 Å². The number of nitrogens with one attached hydrogen (secondary N) is 1. The second-order valence-corrected chi connectivity index (χ2v) is 3.95. The second-order valence-electron chi connectivity index (χ2n) is 3.10. The van der Waals surface area contributed by atoms with Crippen LogP contribution in [-0.2, 0) is 9.53 Å². The predicted octanol–water partition coefficient (Wildman–Crippen LogP) is 0.223. The van der Waals surface area contributed by atoms with Gasteiger partial charge in [-0.25, -0.2) is 9.78 Å². The third-order valence-electron chi connectivity index (χ3n) is 1.80. The van der Waals surface area contributed by atoms with Crippen LogP contribution >= 0.6 is 15.9 Å². The number of nitrogens with zero attached hydrogens (tertiary/aromatic N) is 2. The van der Waals surface area contributed by atoms with Crippen LogP contribution in [0.5, 0.6) is 0 Å². The van der Waals surface area contributed by atoms with Crippen molar-refractivity contribution in [3.63, 3.8) is 0 Å². The van der Waals surface area contributed by atoms with Crippen molar-refractivity contribution in [1.82, 2.24) is 10.3 Å². The molecular weight excluding hydrogens is 304 g/mol. The fraction of sp³-hybridized carbons (Fsp3) is 0.200. The number of halogens is 1. The van der Waals surface area contributed by atoms with E-state index in [1.165, 1.54) is 12.3 Å². The van der Waals surface area contributed by atoms with Crippen LogP contribution in [0.25, 0.3) is 0 Å². The van der Waals surface area contributed by atoms with E-state index in [-0.39, 0.29) is 17.9 Å². The number of esters is 1. The van der Waals surface area contributed by atoms with E-state index < -0.39 is 18.5 Å². The Morgan fingerprint density at radius 3 is 3.00 bits per heavy atom. The molecule has 0 aliphatic rings. The van der Waals surface area contributed by atoms with Crippen molar-refractivity contribution >= 4 is 33.6 Å². The van der Waals surface area contributed by atoms with Gasteiger partial charge in [-0.15, -0.1) is 0 Å². The minimum absolute atomic E-state index is 0.137. The molecule has 0 unspecified atom stereocenters. The number of nitriles is 1. The number of aromatic nitrogens is 1. The van der Waals surface area contributed by atoms with E-state index in [0.29, 0.717) is 4.47 Å². The van der Waals surface area contributed by atoms with E-state index in [1.54, 1.807) is 6.07 Å². The van der Waals surface area contributed by atoms with Crippen LogP contribution in [0.2, 0.25) is 0 Å². The second kappa shape index (κ2) is 6.56. The predicted molar refractivity (Wildman–Crippen MR) is 65.3 cm³/mol. The number of carbonyl (C=O) groups excluding carboxylic acids is 2. The first-order valence-electron chi connectivity index (χ1n) is 4.76. The van der Waals surface area contributed by atoms with Gasteiger partial charge in [0.05, 0.1) is 16.1 Å². The molecule has 0 aliphatic carbocycles. The summed E-state index contributed by atoms with van der Waals surface area (Å²) in [6.45, 7) is -0.600. The summed E-state index contributed by atoms with van der Waals surface area (Å²) in [7, 11) is 0. The van der Waals surface area contributed by atoms with Crippen LogP contribution < -0.4 is 11.1 Å². The van der Waals surface area contributed by atoms with E-state index in [0.717, 1.165) is 0 Å². The third-order valence-corrected chi connectivity index (χ3v) is 2.43. The van der Waals surface area contributed by atoms with Crippen LogP contribution in [0.4, 0.5) is 5.82 Å². The number of pyridine rings is 1. The van der Waals surface area contributed by atoms with Gasteiger partial charge in [0.15, 0.2) is 6.61 Å². The Labute approximate surface area is 111 Å². The smallest absolute Gasteiger partial charge is 0.339 e. The van der Waals surface area contributed by atoms with Crippen molar-refractivity contribution in [3.8, 4) is 6.07 Å². The molecule has 0 spiro atoms. The molecule has 1 aromatic heterocycles. The number of rotatable bonds is 4. The average molecular weight is 313 g/mol. The first-order valence-corrected chi connectivity index (χ1v) is 5.55. The molecule has 3 N–H and O–H groups in total. The molecule has 18 heavy (non-hydrogen) atoms. The molecule has 7 nitrogen and oxygen atoms in total.